The molecule has 1 rings (SSSR count). The van der Waals surface area contributed by atoms with Gasteiger partial charge >= 0.3 is 0 Å². The van der Waals surface area contributed by atoms with Gasteiger partial charge in [0.1, 0.15) is 4.21 Å². The van der Waals surface area contributed by atoms with Crippen molar-refractivity contribution in [3.8, 4) is 0 Å². The fraction of sp³-hybridized carbons (Fsp3) is 0.500. The summed E-state index contributed by atoms with van der Waals surface area (Å²) in [7, 11) is 0. The van der Waals surface area contributed by atoms with Gasteiger partial charge in [0.15, 0.2) is 5.78 Å². The van der Waals surface area contributed by atoms with Crippen LogP contribution in [0, 0.1) is 10.1 Å². The third-order valence-electron chi connectivity index (χ3n) is 1.95. The maximum Gasteiger partial charge on any atom is 0.294 e. The molecule has 0 N–H and O–H groups in total. The van der Waals surface area contributed by atoms with E-state index in [2.05, 4.69) is 6.92 Å². The van der Waals surface area contributed by atoms with Crippen molar-refractivity contribution < 1.29 is 9.72 Å². The third-order valence-corrected chi connectivity index (χ3v) is 4.54. The Hall–Kier alpha value is -0.880. The Morgan fingerprint density at radius 2 is 2.31 bits per heavy atom. The largest absolute Gasteiger partial charge is 0.294 e. The van der Waals surface area contributed by atoms with Gasteiger partial charge in [-0.15, -0.1) is 23.1 Å². The summed E-state index contributed by atoms with van der Waals surface area (Å²) in [5.74, 6) is 0.741. The summed E-state index contributed by atoms with van der Waals surface area (Å²) in [5.41, 5.74) is 0.0660. The lowest BCUT2D eigenvalue weighted by atomic mass is 10.3. The fourth-order valence-electron chi connectivity index (χ4n) is 1.08. The lowest BCUT2D eigenvalue weighted by Crippen LogP contribution is -1.88. The molecule has 0 atom stereocenters. The summed E-state index contributed by atoms with van der Waals surface area (Å²) in [6.45, 7) is 3.50. The van der Waals surface area contributed by atoms with Gasteiger partial charge < -0.3 is 0 Å². The molecule has 16 heavy (non-hydrogen) atoms. The van der Waals surface area contributed by atoms with Crippen LogP contribution in [0.5, 0.6) is 0 Å². The molecule has 1 aromatic rings. The molecule has 1 aromatic heterocycles. The summed E-state index contributed by atoms with van der Waals surface area (Å²) >= 11 is 2.68. The number of nitro groups is 1. The lowest BCUT2D eigenvalue weighted by molar-refractivity contribution is -0.387. The van der Waals surface area contributed by atoms with E-state index in [4.69, 9.17) is 0 Å². The zero-order chi connectivity index (χ0) is 12.1. The minimum absolute atomic E-state index is 0.0660. The van der Waals surface area contributed by atoms with Gasteiger partial charge in [-0.05, 0) is 19.1 Å². The lowest BCUT2D eigenvalue weighted by Gasteiger charge is -1.95. The second-order valence-corrected chi connectivity index (χ2v) is 5.71. The van der Waals surface area contributed by atoms with Crippen LogP contribution < -0.4 is 0 Å². The smallest absolute Gasteiger partial charge is 0.294 e. The Morgan fingerprint density at radius 1 is 1.62 bits per heavy atom. The molecule has 0 saturated heterocycles. The van der Waals surface area contributed by atoms with Crippen LogP contribution in [0.1, 0.15) is 36.4 Å². The normalized spacial score (nSPS) is 10.4. The number of unbranched alkanes of at least 4 members (excludes halogenated alkanes) is 1. The van der Waals surface area contributed by atoms with Crippen molar-refractivity contribution in [2.24, 2.45) is 0 Å². The molecule has 88 valence electrons. The molecule has 0 aliphatic rings. The van der Waals surface area contributed by atoms with Gasteiger partial charge in [-0.25, -0.2) is 0 Å². The molecule has 0 radical (unpaired) electrons. The predicted molar refractivity (Wildman–Crippen MR) is 66.6 cm³/mol. The summed E-state index contributed by atoms with van der Waals surface area (Å²) in [6.07, 6.45) is 2.08. The van der Waals surface area contributed by atoms with Crippen LogP contribution in [-0.4, -0.2) is 16.5 Å². The monoisotopic (exact) mass is 259 g/mol. The molecule has 4 nitrogen and oxygen atoms in total. The highest BCUT2D eigenvalue weighted by molar-refractivity contribution is 8.01. The molecule has 0 unspecified atom stereocenters. The zero-order valence-electron chi connectivity index (χ0n) is 9.19. The van der Waals surface area contributed by atoms with Crippen molar-refractivity contribution in [2.75, 3.05) is 5.75 Å². The van der Waals surface area contributed by atoms with E-state index in [9.17, 15) is 14.9 Å². The maximum atomic E-state index is 11.1. The molecule has 0 fully saturated rings. The predicted octanol–water partition coefficient (Wildman–Crippen LogP) is 3.75. The quantitative estimate of drug-likeness (QED) is 0.257. The molecule has 0 aliphatic carbocycles. The molecule has 0 amide bonds. The van der Waals surface area contributed by atoms with Crippen LogP contribution in [0.25, 0.3) is 0 Å². The van der Waals surface area contributed by atoms with Gasteiger partial charge in [-0.3, -0.25) is 14.9 Å². The Morgan fingerprint density at radius 3 is 2.81 bits per heavy atom. The number of ketones is 1. The van der Waals surface area contributed by atoms with E-state index in [0.717, 1.165) is 18.6 Å². The van der Waals surface area contributed by atoms with Gasteiger partial charge in [-0.1, -0.05) is 13.3 Å². The highest BCUT2D eigenvalue weighted by atomic mass is 32.2. The van der Waals surface area contributed by atoms with Crippen LogP contribution >= 0.6 is 23.1 Å². The zero-order valence-corrected chi connectivity index (χ0v) is 10.8. The Bertz CT molecular complexity index is 401. The van der Waals surface area contributed by atoms with E-state index >= 15 is 0 Å². The van der Waals surface area contributed by atoms with Crippen molar-refractivity contribution in [3.05, 3.63) is 21.1 Å². The van der Waals surface area contributed by atoms with E-state index < -0.39 is 4.92 Å². The summed E-state index contributed by atoms with van der Waals surface area (Å²) in [5, 5.41) is 10.8. The molecule has 0 aromatic carbocycles. The summed E-state index contributed by atoms with van der Waals surface area (Å²) in [4.78, 5) is 22.0. The van der Waals surface area contributed by atoms with E-state index in [-0.39, 0.29) is 11.5 Å². The number of nitrogens with zero attached hydrogens (tertiary/aromatic N) is 1. The number of rotatable bonds is 6. The van der Waals surface area contributed by atoms with Crippen molar-refractivity contribution in [3.63, 3.8) is 0 Å². The van der Waals surface area contributed by atoms with E-state index in [1.807, 2.05) is 0 Å². The molecule has 1 heterocycles. The average Bonchev–Trinajstić information content (AvgIpc) is 2.62. The SMILES string of the molecule is CCCCSc1sc(C(C)=O)cc1[N+](=O)[O-]. The topological polar surface area (TPSA) is 60.2 Å². The van der Waals surface area contributed by atoms with Crippen LogP contribution in [0.15, 0.2) is 10.3 Å². The Kier molecular flexibility index (Phi) is 4.95. The first-order valence-electron chi connectivity index (χ1n) is 4.98. The first-order valence-corrected chi connectivity index (χ1v) is 6.78. The number of Topliss-reactive ketones (excluding diaryl/α,β-unsaturated/α-hetero) is 1. The van der Waals surface area contributed by atoms with E-state index in [1.165, 1.54) is 36.1 Å². The number of carbonyl (C=O) groups is 1. The average molecular weight is 259 g/mol. The van der Waals surface area contributed by atoms with E-state index in [0.29, 0.717) is 9.09 Å². The third kappa shape index (κ3) is 3.31. The highest BCUT2D eigenvalue weighted by Gasteiger charge is 2.20. The van der Waals surface area contributed by atoms with Gasteiger partial charge in [0, 0.05) is 6.07 Å². The number of hydrogen-bond acceptors (Lipinski definition) is 5. The summed E-state index contributed by atoms with van der Waals surface area (Å²) in [6, 6.07) is 1.38. The second kappa shape index (κ2) is 6.00. The Labute approximate surface area is 102 Å². The van der Waals surface area contributed by atoms with Gasteiger partial charge in [-0.2, -0.15) is 0 Å². The number of hydrogen-bond donors (Lipinski definition) is 0. The van der Waals surface area contributed by atoms with Gasteiger partial charge in [0.2, 0.25) is 0 Å². The second-order valence-electron chi connectivity index (χ2n) is 3.30. The highest BCUT2D eigenvalue weighted by Crippen LogP contribution is 2.38. The molecule has 0 bridgehead atoms. The molecular weight excluding hydrogens is 246 g/mol. The van der Waals surface area contributed by atoms with Crippen molar-refractivity contribution in [1.82, 2.24) is 0 Å². The van der Waals surface area contributed by atoms with Crippen LogP contribution in [-0.2, 0) is 0 Å². The van der Waals surface area contributed by atoms with Crippen LogP contribution in [0.4, 0.5) is 5.69 Å². The van der Waals surface area contributed by atoms with Gasteiger partial charge in [0.05, 0.1) is 9.80 Å². The summed E-state index contributed by atoms with van der Waals surface area (Å²) < 4.78 is 0.642. The first-order chi connectivity index (χ1) is 7.56. The standard InChI is InChI=1S/C10H13NO3S2/c1-3-4-5-15-10-8(11(13)14)6-9(16-10)7(2)12/h6H,3-5H2,1-2H3. The molecule has 0 aliphatic heterocycles. The fourth-order valence-corrected chi connectivity index (χ4v) is 3.48. The Balaban J connectivity index is 2.87. The number of carbonyl (C=O) groups excluding carboxylic acids is 1. The van der Waals surface area contributed by atoms with Crippen molar-refractivity contribution in [1.29, 1.82) is 0 Å². The first kappa shape index (κ1) is 13.2. The van der Waals surface area contributed by atoms with Crippen molar-refractivity contribution >= 4 is 34.6 Å². The molecule has 0 spiro atoms. The molecular formula is C10H13NO3S2. The minimum atomic E-state index is -0.419. The maximum absolute atomic E-state index is 11.1. The number of thiophene rings is 1. The minimum Gasteiger partial charge on any atom is -0.294 e. The molecule has 6 heteroatoms. The van der Waals surface area contributed by atoms with Crippen molar-refractivity contribution in [2.45, 2.75) is 30.9 Å². The van der Waals surface area contributed by atoms with Gasteiger partial charge in [0.25, 0.3) is 5.69 Å². The number of thioether (sulfide) groups is 1. The van der Waals surface area contributed by atoms with E-state index in [1.54, 1.807) is 0 Å². The van der Waals surface area contributed by atoms with Crippen LogP contribution in [0.3, 0.4) is 0 Å². The van der Waals surface area contributed by atoms with Crippen LogP contribution in [0.2, 0.25) is 0 Å². The molecule has 0 saturated carbocycles.